The molecule has 3 N–H and O–H groups in total. The number of aryl methyl sites for hydroxylation is 1. The Hall–Kier alpha value is -2.48. The number of anilines is 1. The Bertz CT molecular complexity index is 629. The van der Waals surface area contributed by atoms with Crippen LogP contribution in [0.1, 0.15) is 11.4 Å². The van der Waals surface area contributed by atoms with Crippen LogP contribution in [0.15, 0.2) is 30.3 Å². The first kappa shape index (κ1) is 14.9. The van der Waals surface area contributed by atoms with Gasteiger partial charge in [0.1, 0.15) is 11.9 Å². The first-order chi connectivity index (χ1) is 10.0. The zero-order valence-electron chi connectivity index (χ0n) is 11.2. The Morgan fingerprint density at radius 3 is 2.62 bits per heavy atom. The SMILES string of the molecule is Cc1nsc(NC(=O)NC(Cc2ccccc2)C(=O)O)n1. The van der Waals surface area contributed by atoms with Gasteiger partial charge >= 0.3 is 12.0 Å². The number of hydrogen-bond donors (Lipinski definition) is 3. The number of carbonyl (C=O) groups excluding carboxylic acids is 1. The third-order valence-corrected chi connectivity index (χ3v) is 3.36. The molecule has 1 heterocycles. The highest BCUT2D eigenvalue weighted by atomic mass is 32.1. The van der Waals surface area contributed by atoms with Gasteiger partial charge in [-0.15, -0.1) is 0 Å². The van der Waals surface area contributed by atoms with Crippen LogP contribution in [-0.2, 0) is 11.2 Å². The van der Waals surface area contributed by atoms with Gasteiger partial charge in [-0.25, -0.2) is 14.6 Å². The third kappa shape index (κ3) is 4.53. The predicted molar refractivity (Wildman–Crippen MR) is 78.4 cm³/mol. The Balaban J connectivity index is 1.96. The number of rotatable bonds is 5. The highest BCUT2D eigenvalue weighted by Crippen LogP contribution is 2.10. The van der Waals surface area contributed by atoms with Crippen LogP contribution in [0.25, 0.3) is 0 Å². The molecule has 110 valence electrons. The average Bonchev–Trinajstić information content (AvgIpc) is 2.84. The lowest BCUT2D eigenvalue weighted by Crippen LogP contribution is -2.44. The first-order valence-corrected chi connectivity index (χ1v) is 6.96. The van der Waals surface area contributed by atoms with Gasteiger partial charge in [-0.05, 0) is 12.5 Å². The van der Waals surface area contributed by atoms with E-state index in [1.807, 2.05) is 30.3 Å². The molecule has 21 heavy (non-hydrogen) atoms. The number of urea groups is 1. The number of benzene rings is 1. The Morgan fingerprint density at radius 1 is 1.33 bits per heavy atom. The molecule has 0 aliphatic heterocycles. The zero-order valence-corrected chi connectivity index (χ0v) is 12.1. The average molecular weight is 306 g/mol. The highest BCUT2D eigenvalue weighted by molar-refractivity contribution is 7.09. The number of aliphatic carboxylic acids is 1. The molecule has 0 saturated heterocycles. The van der Waals surface area contributed by atoms with Crippen LogP contribution in [0.5, 0.6) is 0 Å². The van der Waals surface area contributed by atoms with Gasteiger partial charge in [0.05, 0.1) is 0 Å². The number of carboxylic acid groups (broad SMARTS) is 1. The molecule has 2 aromatic rings. The number of amides is 2. The lowest BCUT2D eigenvalue weighted by molar-refractivity contribution is -0.139. The van der Waals surface area contributed by atoms with Crippen LogP contribution in [0.4, 0.5) is 9.93 Å². The summed E-state index contributed by atoms with van der Waals surface area (Å²) in [4.78, 5) is 27.0. The summed E-state index contributed by atoms with van der Waals surface area (Å²) in [6, 6.07) is 7.47. The molecule has 2 rings (SSSR count). The number of carbonyl (C=O) groups is 2. The summed E-state index contributed by atoms with van der Waals surface area (Å²) >= 11 is 1.04. The van der Waals surface area contributed by atoms with E-state index in [-0.39, 0.29) is 6.42 Å². The topological polar surface area (TPSA) is 104 Å². The minimum absolute atomic E-state index is 0.207. The number of nitrogens with one attached hydrogen (secondary N) is 2. The maximum Gasteiger partial charge on any atom is 0.326 e. The number of carboxylic acids is 1. The summed E-state index contributed by atoms with van der Waals surface area (Å²) in [5.41, 5.74) is 0.831. The minimum Gasteiger partial charge on any atom is -0.480 e. The quantitative estimate of drug-likeness (QED) is 0.779. The summed E-state index contributed by atoms with van der Waals surface area (Å²) in [5, 5.41) is 14.4. The highest BCUT2D eigenvalue weighted by Gasteiger charge is 2.20. The van der Waals surface area contributed by atoms with E-state index in [9.17, 15) is 14.7 Å². The van der Waals surface area contributed by atoms with Gasteiger partial charge in [0.15, 0.2) is 0 Å². The standard InChI is InChI=1S/C13H14N4O3S/c1-8-14-13(21-17-8)16-12(20)15-10(11(18)19)7-9-5-3-2-4-6-9/h2-6,10H,7H2,1H3,(H,18,19)(H2,14,15,16,17,20). The van der Waals surface area contributed by atoms with Gasteiger partial charge in [-0.1, -0.05) is 30.3 Å². The van der Waals surface area contributed by atoms with Crippen molar-refractivity contribution in [2.24, 2.45) is 0 Å². The molecule has 1 aromatic carbocycles. The molecule has 0 spiro atoms. The van der Waals surface area contributed by atoms with E-state index < -0.39 is 18.0 Å². The molecule has 1 unspecified atom stereocenters. The number of nitrogens with zero attached hydrogens (tertiary/aromatic N) is 2. The fourth-order valence-electron chi connectivity index (χ4n) is 1.69. The maximum absolute atomic E-state index is 11.8. The molecule has 1 aromatic heterocycles. The van der Waals surface area contributed by atoms with E-state index in [4.69, 9.17) is 0 Å². The van der Waals surface area contributed by atoms with Crippen molar-refractivity contribution in [3.63, 3.8) is 0 Å². The minimum atomic E-state index is -1.09. The summed E-state index contributed by atoms with van der Waals surface area (Å²) in [5.74, 6) is -0.545. The molecule has 8 heteroatoms. The van der Waals surface area contributed by atoms with Crippen LogP contribution >= 0.6 is 11.5 Å². The first-order valence-electron chi connectivity index (χ1n) is 6.19. The van der Waals surface area contributed by atoms with Gasteiger partial charge in [0.25, 0.3) is 0 Å². The van der Waals surface area contributed by atoms with Crippen molar-refractivity contribution in [1.29, 1.82) is 0 Å². The maximum atomic E-state index is 11.8. The van der Waals surface area contributed by atoms with Gasteiger partial charge in [0.2, 0.25) is 5.13 Å². The second kappa shape index (κ2) is 6.80. The molecule has 0 aliphatic carbocycles. The second-order valence-corrected chi connectivity index (χ2v) is 5.08. The lowest BCUT2D eigenvalue weighted by atomic mass is 10.1. The van der Waals surface area contributed by atoms with E-state index in [2.05, 4.69) is 20.0 Å². The summed E-state index contributed by atoms with van der Waals surface area (Å²) in [7, 11) is 0. The largest absolute Gasteiger partial charge is 0.480 e. The Labute approximate surface area is 125 Å². The van der Waals surface area contributed by atoms with Crippen LogP contribution in [0, 0.1) is 6.92 Å². The normalized spacial score (nSPS) is 11.7. The number of hydrogen-bond acceptors (Lipinski definition) is 5. The molecule has 0 radical (unpaired) electrons. The molecule has 0 fully saturated rings. The number of aromatic nitrogens is 2. The van der Waals surface area contributed by atoms with Crippen molar-refractivity contribution < 1.29 is 14.7 Å². The van der Waals surface area contributed by atoms with Crippen molar-refractivity contribution in [3.8, 4) is 0 Å². The van der Waals surface area contributed by atoms with Crippen molar-refractivity contribution >= 4 is 28.7 Å². The van der Waals surface area contributed by atoms with Gasteiger partial charge in [-0.2, -0.15) is 4.37 Å². The molecular weight excluding hydrogens is 292 g/mol. The molecule has 0 aliphatic rings. The predicted octanol–water partition coefficient (Wildman–Crippen LogP) is 1.66. The van der Waals surface area contributed by atoms with Crippen LogP contribution < -0.4 is 10.6 Å². The fraction of sp³-hybridized carbons (Fsp3) is 0.231. The van der Waals surface area contributed by atoms with Gasteiger partial charge < -0.3 is 10.4 Å². The van der Waals surface area contributed by atoms with Crippen molar-refractivity contribution in [2.75, 3.05) is 5.32 Å². The molecule has 1 atom stereocenters. The van der Waals surface area contributed by atoms with Crippen LogP contribution in [0.3, 0.4) is 0 Å². The molecule has 0 bridgehead atoms. The van der Waals surface area contributed by atoms with E-state index in [1.165, 1.54) is 0 Å². The van der Waals surface area contributed by atoms with E-state index in [0.717, 1.165) is 17.1 Å². The molecule has 0 saturated carbocycles. The van der Waals surface area contributed by atoms with Gasteiger partial charge in [0, 0.05) is 18.0 Å². The van der Waals surface area contributed by atoms with Crippen molar-refractivity contribution in [1.82, 2.24) is 14.7 Å². The Morgan fingerprint density at radius 2 is 2.05 bits per heavy atom. The summed E-state index contributed by atoms with van der Waals surface area (Å²) < 4.78 is 3.92. The van der Waals surface area contributed by atoms with Crippen LogP contribution in [0.2, 0.25) is 0 Å². The van der Waals surface area contributed by atoms with Crippen molar-refractivity contribution in [2.45, 2.75) is 19.4 Å². The van der Waals surface area contributed by atoms with Gasteiger partial charge in [-0.3, -0.25) is 5.32 Å². The van der Waals surface area contributed by atoms with Crippen molar-refractivity contribution in [3.05, 3.63) is 41.7 Å². The summed E-state index contributed by atoms with van der Waals surface area (Å²) in [6.07, 6.45) is 0.207. The van der Waals surface area contributed by atoms with Crippen LogP contribution in [-0.4, -0.2) is 32.5 Å². The second-order valence-electron chi connectivity index (χ2n) is 4.33. The third-order valence-electron chi connectivity index (χ3n) is 2.63. The van der Waals surface area contributed by atoms with E-state index in [0.29, 0.717) is 11.0 Å². The zero-order chi connectivity index (χ0) is 15.2. The monoisotopic (exact) mass is 306 g/mol. The van der Waals surface area contributed by atoms with E-state index >= 15 is 0 Å². The molecule has 2 amide bonds. The summed E-state index contributed by atoms with van der Waals surface area (Å²) in [6.45, 7) is 1.70. The smallest absolute Gasteiger partial charge is 0.326 e. The van der Waals surface area contributed by atoms with E-state index in [1.54, 1.807) is 6.92 Å². The Kier molecular flexibility index (Phi) is 4.83. The fourth-order valence-corrected chi connectivity index (χ4v) is 2.26. The molecular formula is C13H14N4O3S. The lowest BCUT2D eigenvalue weighted by Gasteiger charge is -2.14. The molecule has 7 nitrogen and oxygen atoms in total.